The fourth-order valence-corrected chi connectivity index (χ4v) is 2.64. The maximum Gasteiger partial charge on any atom is 0.315 e. The number of nitrogens with one attached hydrogen (secondary N) is 2. The molecule has 6 heteroatoms. The standard InChI is InChI=1S/C17H25FN2O3/c1-11(2)9-23-10-14(21)8-19-17(22)20-16-6-4-12-3-5-13(18)7-15(12)16/h3,5,7,11,14,16,21H,4,6,8-10H2,1-2H3,(H2,19,20,22). The van der Waals surface area contributed by atoms with E-state index in [9.17, 15) is 14.3 Å². The predicted octanol–water partition coefficient (Wildman–Crippen LogP) is 2.15. The van der Waals surface area contributed by atoms with Crippen LogP contribution >= 0.6 is 0 Å². The van der Waals surface area contributed by atoms with Gasteiger partial charge in [0, 0.05) is 13.2 Å². The highest BCUT2D eigenvalue weighted by Crippen LogP contribution is 2.31. The van der Waals surface area contributed by atoms with E-state index in [0.29, 0.717) is 12.5 Å². The van der Waals surface area contributed by atoms with E-state index < -0.39 is 6.10 Å². The van der Waals surface area contributed by atoms with Crippen LogP contribution in [-0.4, -0.2) is 37.0 Å². The average molecular weight is 324 g/mol. The Hall–Kier alpha value is -1.66. The summed E-state index contributed by atoms with van der Waals surface area (Å²) in [6.45, 7) is 4.94. The first kappa shape index (κ1) is 17.7. The lowest BCUT2D eigenvalue weighted by atomic mass is 10.1. The zero-order valence-electron chi connectivity index (χ0n) is 13.6. The molecule has 2 unspecified atom stereocenters. The number of carbonyl (C=O) groups is 1. The second-order valence-corrected chi connectivity index (χ2v) is 6.37. The summed E-state index contributed by atoms with van der Waals surface area (Å²) in [4.78, 5) is 11.9. The van der Waals surface area contributed by atoms with Crippen molar-refractivity contribution in [2.45, 2.75) is 38.8 Å². The molecule has 0 saturated heterocycles. The summed E-state index contributed by atoms with van der Waals surface area (Å²) in [6.07, 6.45) is 0.839. The Morgan fingerprint density at radius 3 is 2.96 bits per heavy atom. The first-order chi connectivity index (χ1) is 11.0. The number of fused-ring (bicyclic) bond motifs is 1. The lowest BCUT2D eigenvalue weighted by molar-refractivity contribution is 0.0272. The van der Waals surface area contributed by atoms with Gasteiger partial charge in [0.05, 0.1) is 18.8 Å². The second kappa shape index (κ2) is 8.26. The summed E-state index contributed by atoms with van der Waals surface area (Å²) in [6, 6.07) is 4.13. The van der Waals surface area contributed by atoms with E-state index in [1.807, 2.05) is 13.8 Å². The third-order valence-corrected chi connectivity index (χ3v) is 3.75. The van der Waals surface area contributed by atoms with E-state index >= 15 is 0 Å². The van der Waals surface area contributed by atoms with Crippen LogP contribution in [0.1, 0.15) is 37.4 Å². The van der Waals surface area contributed by atoms with Gasteiger partial charge >= 0.3 is 6.03 Å². The van der Waals surface area contributed by atoms with Gasteiger partial charge in [0.1, 0.15) is 5.82 Å². The molecule has 0 aromatic heterocycles. The molecule has 1 aliphatic carbocycles. The number of hydrogen-bond donors (Lipinski definition) is 3. The monoisotopic (exact) mass is 324 g/mol. The van der Waals surface area contributed by atoms with Crippen molar-refractivity contribution in [3.63, 3.8) is 0 Å². The fourth-order valence-electron chi connectivity index (χ4n) is 2.64. The van der Waals surface area contributed by atoms with Crippen LogP contribution in [0.4, 0.5) is 9.18 Å². The lowest BCUT2D eigenvalue weighted by Gasteiger charge is -2.17. The van der Waals surface area contributed by atoms with Gasteiger partial charge in [-0.25, -0.2) is 9.18 Å². The first-order valence-electron chi connectivity index (χ1n) is 8.04. The maximum atomic E-state index is 13.3. The number of urea groups is 1. The van der Waals surface area contributed by atoms with Crippen molar-refractivity contribution < 1.29 is 19.0 Å². The van der Waals surface area contributed by atoms with Crippen LogP contribution in [0, 0.1) is 11.7 Å². The molecule has 0 aliphatic heterocycles. The molecule has 1 aliphatic rings. The Balaban J connectivity index is 1.73. The number of aryl methyl sites for hydroxylation is 1. The van der Waals surface area contributed by atoms with E-state index in [4.69, 9.17) is 4.74 Å². The smallest absolute Gasteiger partial charge is 0.315 e. The third kappa shape index (κ3) is 5.48. The molecule has 23 heavy (non-hydrogen) atoms. The molecule has 1 aromatic carbocycles. The van der Waals surface area contributed by atoms with Crippen molar-refractivity contribution >= 4 is 6.03 Å². The lowest BCUT2D eigenvalue weighted by Crippen LogP contribution is -2.42. The zero-order valence-corrected chi connectivity index (χ0v) is 13.6. The van der Waals surface area contributed by atoms with Gasteiger partial charge in [-0.3, -0.25) is 0 Å². The van der Waals surface area contributed by atoms with E-state index in [2.05, 4.69) is 10.6 Å². The van der Waals surface area contributed by atoms with Crippen molar-refractivity contribution in [3.8, 4) is 0 Å². The molecule has 0 radical (unpaired) electrons. The molecule has 2 rings (SSSR count). The minimum absolute atomic E-state index is 0.118. The zero-order chi connectivity index (χ0) is 16.8. The van der Waals surface area contributed by atoms with Gasteiger partial charge in [-0.1, -0.05) is 19.9 Å². The summed E-state index contributed by atoms with van der Waals surface area (Å²) in [5, 5.41) is 15.2. The summed E-state index contributed by atoms with van der Waals surface area (Å²) >= 11 is 0. The average Bonchev–Trinajstić information content (AvgIpc) is 2.87. The van der Waals surface area contributed by atoms with Crippen LogP contribution in [0.2, 0.25) is 0 Å². The number of halogens is 1. The van der Waals surface area contributed by atoms with Gasteiger partial charge in [0.25, 0.3) is 0 Å². The number of carbonyl (C=O) groups excluding carboxylic acids is 1. The van der Waals surface area contributed by atoms with Crippen molar-refractivity contribution in [2.75, 3.05) is 19.8 Å². The Morgan fingerprint density at radius 2 is 2.22 bits per heavy atom. The molecule has 1 aromatic rings. The Kier molecular flexibility index (Phi) is 6.36. The van der Waals surface area contributed by atoms with Crippen LogP contribution in [0.25, 0.3) is 0 Å². The van der Waals surface area contributed by atoms with Gasteiger partial charge in [-0.2, -0.15) is 0 Å². The normalized spacial score (nSPS) is 17.9. The number of rotatable bonds is 7. The minimum Gasteiger partial charge on any atom is -0.389 e. The van der Waals surface area contributed by atoms with Crippen molar-refractivity contribution in [1.82, 2.24) is 10.6 Å². The fraction of sp³-hybridized carbons (Fsp3) is 0.588. The third-order valence-electron chi connectivity index (χ3n) is 3.75. The van der Waals surface area contributed by atoms with Crippen LogP contribution in [0.15, 0.2) is 18.2 Å². The highest BCUT2D eigenvalue weighted by Gasteiger charge is 2.24. The number of aliphatic hydroxyl groups excluding tert-OH is 1. The Labute approximate surface area is 136 Å². The molecule has 0 bridgehead atoms. The maximum absolute atomic E-state index is 13.3. The molecule has 0 spiro atoms. The SMILES string of the molecule is CC(C)COCC(O)CNC(=O)NC1CCc2ccc(F)cc21. The largest absolute Gasteiger partial charge is 0.389 e. The van der Waals surface area contributed by atoms with Crippen molar-refractivity contribution in [1.29, 1.82) is 0 Å². The van der Waals surface area contributed by atoms with Gasteiger partial charge in [0.15, 0.2) is 0 Å². The topological polar surface area (TPSA) is 70.6 Å². The molecule has 128 valence electrons. The molecule has 0 saturated carbocycles. The highest BCUT2D eigenvalue weighted by atomic mass is 19.1. The second-order valence-electron chi connectivity index (χ2n) is 6.37. The number of amides is 2. The molecular weight excluding hydrogens is 299 g/mol. The minimum atomic E-state index is -0.743. The van der Waals surface area contributed by atoms with Crippen LogP contribution < -0.4 is 10.6 Å². The summed E-state index contributed by atoms with van der Waals surface area (Å²) < 4.78 is 18.6. The van der Waals surface area contributed by atoms with E-state index in [1.54, 1.807) is 6.07 Å². The van der Waals surface area contributed by atoms with Gasteiger partial charge < -0.3 is 20.5 Å². The van der Waals surface area contributed by atoms with E-state index in [0.717, 1.165) is 24.0 Å². The number of benzene rings is 1. The number of hydrogen-bond acceptors (Lipinski definition) is 3. The summed E-state index contributed by atoms with van der Waals surface area (Å²) in [7, 11) is 0. The molecule has 0 fully saturated rings. The van der Waals surface area contributed by atoms with Crippen molar-refractivity contribution in [2.24, 2.45) is 5.92 Å². The van der Waals surface area contributed by atoms with Crippen LogP contribution in [-0.2, 0) is 11.2 Å². The van der Waals surface area contributed by atoms with Gasteiger partial charge in [-0.05, 0) is 42.0 Å². The Morgan fingerprint density at radius 1 is 1.43 bits per heavy atom. The number of ether oxygens (including phenoxy) is 1. The quantitative estimate of drug-likeness (QED) is 0.720. The molecule has 0 heterocycles. The van der Waals surface area contributed by atoms with E-state index in [1.165, 1.54) is 12.1 Å². The molecule has 2 amide bonds. The van der Waals surface area contributed by atoms with Gasteiger partial charge in [-0.15, -0.1) is 0 Å². The van der Waals surface area contributed by atoms with Gasteiger partial charge in [0.2, 0.25) is 0 Å². The Bertz CT molecular complexity index is 537. The predicted molar refractivity (Wildman–Crippen MR) is 85.7 cm³/mol. The molecule has 2 atom stereocenters. The molecule has 5 nitrogen and oxygen atoms in total. The highest BCUT2D eigenvalue weighted by molar-refractivity contribution is 5.74. The van der Waals surface area contributed by atoms with Crippen LogP contribution in [0.5, 0.6) is 0 Å². The number of aliphatic hydroxyl groups is 1. The summed E-state index contributed by atoms with van der Waals surface area (Å²) in [5.41, 5.74) is 1.90. The summed E-state index contributed by atoms with van der Waals surface area (Å²) in [5.74, 6) is 0.108. The van der Waals surface area contributed by atoms with E-state index in [-0.39, 0.29) is 31.0 Å². The molecular formula is C17H25FN2O3. The first-order valence-corrected chi connectivity index (χ1v) is 8.04. The van der Waals surface area contributed by atoms with Crippen molar-refractivity contribution in [3.05, 3.63) is 35.1 Å². The molecule has 3 N–H and O–H groups in total. The van der Waals surface area contributed by atoms with Crippen LogP contribution in [0.3, 0.4) is 0 Å².